The van der Waals surface area contributed by atoms with Crippen molar-refractivity contribution in [3.8, 4) is 0 Å². The van der Waals surface area contributed by atoms with Gasteiger partial charge in [0.2, 0.25) is 0 Å². The van der Waals surface area contributed by atoms with E-state index in [1.165, 1.54) is 28.5 Å². The molecule has 0 spiro atoms. The number of allylic oxidation sites excluding steroid dienone is 2. The molecule has 1 unspecified atom stereocenters. The third-order valence-electron chi connectivity index (χ3n) is 8.68. The Hall–Kier alpha value is -3.42. The van der Waals surface area contributed by atoms with Crippen LogP contribution >= 0.6 is 0 Å². The molecular weight excluding hydrogens is 450 g/mol. The Morgan fingerprint density at radius 2 is 1.89 bits per heavy atom. The molecular formula is C29H29N5O2. The number of nitrogens with one attached hydrogen (secondary N) is 3. The molecule has 0 radical (unpaired) electrons. The number of hydrogen-bond acceptors (Lipinski definition) is 5. The average molecular weight is 480 g/mol. The molecule has 1 atom stereocenters. The Morgan fingerprint density at radius 3 is 2.83 bits per heavy atom. The zero-order chi connectivity index (χ0) is 24.0. The van der Waals surface area contributed by atoms with Crippen LogP contribution in [0.15, 0.2) is 36.0 Å². The first-order chi connectivity index (χ1) is 17.7. The maximum absolute atomic E-state index is 13.2. The van der Waals surface area contributed by atoms with Gasteiger partial charge in [-0.25, -0.2) is 0 Å². The number of hydrogen-bond donors (Lipinski definition) is 3. The summed E-state index contributed by atoms with van der Waals surface area (Å²) in [7, 11) is 0. The minimum atomic E-state index is -0.268. The van der Waals surface area contributed by atoms with E-state index < -0.39 is 0 Å². The van der Waals surface area contributed by atoms with Crippen LogP contribution in [0, 0.1) is 0 Å². The fourth-order valence-corrected chi connectivity index (χ4v) is 7.22. The van der Waals surface area contributed by atoms with Crippen LogP contribution in [0.4, 0.5) is 5.69 Å². The molecule has 7 heteroatoms. The van der Waals surface area contributed by atoms with Gasteiger partial charge in [-0.3, -0.25) is 19.8 Å². The monoisotopic (exact) mass is 479 g/mol. The molecule has 2 amide bonds. The number of benzene rings is 1. The fraction of sp³-hybridized carbons (Fsp3) is 0.379. The van der Waals surface area contributed by atoms with Gasteiger partial charge < -0.3 is 15.2 Å². The standard InChI is InChI=1S/C29H29N5O2/c35-28-23-21-18-8-7-16(15-33-11-3-9-30-10-13-33)14-20(18)31-25(21)27-22(24(23)29(36)32-28)19-6-1-4-17-5-2-12-34(27)26(17)19/h1,4,7-8,14,20,30-31H,2-3,5-6,9-13,15H2,(H,32,35,36). The summed E-state index contributed by atoms with van der Waals surface area (Å²) in [5.41, 5.74) is 8.21. The molecule has 1 aromatic heterocycles. The maximum Gasteiger partial charge on any atom is 0.259 e. The van der Waals surface area contributed by atoms with E-state index in [9.17, 15) is 9.59 Å². The third kappa shape index (κ3) is 2.75. The largest absolute Gasteiger partial charge is 0.372 e. The molecule has 36 heavy (non-hydrogen) atoms. The van der Waals surface area contributed by atoms with Gasteiger partial charge in [-0.2, -0.15) is 0 Å². The molecule has 7 nitrogen and oxygen atoms in total. The van der Waals surface area contributed by atoms with E-state index >= 15 is 0 Å². The number of rotatable bonds is 2. The lowest BCUT2D eigenvalue weighted by Crippen LogP contribution is -2.30. The molecule has 1 aromatic carbocycles. The normalized spacial score (nSPS) is 24.2. The van der Waals surface area contributed by atoms with E-state index in [4.69, 9.17) is 0 Å². The maximum atomic E-state index is 13.2. The summed E-state index contributed by atoms with van der Waals surface area (Å²) >= 11 is 0. The van der Waals surface area contributed by atoms with Gasteiger partial charge in [0.05, 0.1) is 28.4 Å². The molecule has 8 rings (SSSR count). The minimum absolute atomic E-state index is 0.00759. The van der Waals surface area contributed by atoms with Crippen molar-refractivity contribution in [2.45, 2.75) is 38.3 Å². The zero-order valence-electron chi connectivity index (χ0n) is 20.2. The first-order valence-electron chi connectivity index (χ1n) is 13.3. The van der Waals surface area contributed by atoms with Crippen LogP contribution in [0.2, 0.25) is 0 Å². The molecule has 3 N–H and O–H groups in total. The van der Waals surface area contributed by atoms with E-state index in [1.807, 2.05) is 0 Å². The highest BCUT2D eigenvalue weighted by molar-refractivity contribution is 6.29. The number of aryl methyl sites for hydroxylation is 1. The van der Waals surface area contributed by atoms with Gasteiger partial charge in [0, 0.05) is 42.1 Å². The van der Waals surface area contributed by atoms with Gasteiger partial charge in [0.25, 0.3) is 11.8 Å². The van der Waals surface area contributed by atoms with Crippen molar-refractivity contribution in [1.29, 1.82) is 0 Å². The van der Waals surface area contributed by atoms with Gasteiger partial charge in [0.15, 0.2) is 0 Å². The highest BCUT2D eigenvalue weighted by Gasteiger charge is 2.39. The van der Waals surface area contributed by atoms with Crippen LogP contribution < -0.4 is 26.5 Å². The van der Waals surface area contributed by atoms with Crippen molar-refractivity contribution in [2.24, 2.45) is 0 Å². The highest BCUT2D eigenvalue weighted by atomic mass is 16.2. The molecule has 0 saturated carbocycles. The van der Waals surface area contributed by atoms with Crippen molar-refractivity contribution in [1.82, 2.24) is 20.1 Å². The lowest BCUT2D eigenvalue weighted by molar-refractivity contribution is 0.0880. The Kier molecular flexibility index (Phi) is 4.34. The van der Waals surface area contributed by atoms with Crippen LogP contribution in [0.25, 0.3) is 22.0 Å². The summed E-state index contributed by atoms with van der Waals surface area (Å²) in [4.78, 5) is 28.9. The smallest absolute Gasteiger partial charge is 0.259 e. The van der Waals surface area contributed by atoms with Crippen molar-refractivity contribution in [3.63, 3.8) is 0 Å². The number of nitrogens with zero attached hydrogens (tertiary/aromatic N) is 2. The van der Waals surface area contributed by atoms with E-state index in [-0.39, 0.29) is 17.9 Å². The van der Waals surface area contributed by atoms with E-state index in [0.29, 0.717) is 11.1 Å². The summed E-state index contributed by atoms with van der Waals surface area (Å²) in [6.45, 7) is 6.15. The fourth-order valence-electron chi connectivity index (χ4n) is 7.22. The Bertz CT molecular complexity index is 1610. The average Bonchev–Trinajstić information content (AvgIpc) is 3.42. The van der Waals surface area contributed by atoms with Crippen LogP contribution in [0.5, 0.6) is 0 Å². The first-order valence-corrected chi connectivity index (χ1v) is 13.3. The number of imide groups is 1. The van der Waals surface area contributed by atoms with Crippen molar-refractivity contribution < 1.29 is 9.59 Å². The number of carbonyl (C=O) groups is 2. The summed E-state index contributed by atoms with van der Waals surface area (Å²) in [5.74, 6) is -0.525. The molecule has 0 bridgehead atoms. The second-order valence-corrected chi connectivity index (χ2v) is 10.8. The zero-order valence-corrected chi connectivity index (χ0v) is 20.2. The number of amides is 2. The first kappa shape index (κ1) is 20.7. The molecule has 5 heterocycles. The molecule has 1 fully saturated rings. The Morgan fingerprint density at radius 1 is 0.972 bits per heavy atom. The van der Waals surface area contributed by atoms with E-state index in [0.717, 1.165) is 85.9 Å². The Labute approximate surface area is 208 Å². The highest BCUT2D eigenvalue weighted by Crippen LogP contribution is 2.39. The second-order valence-electron chi connectivity index (χ2n) is 10.8. The number of aromatic nitrogens is 1. The number of anilines is 1. The van der Waals surface area contributed by atoms with Crippen LogP contribution in [0.3, 0.4) is 0 Å². The van der Waals surface area contributed by atoms with Gasteiger partial charge in [0.1, 0.15) is 0 Å². The lowest BCUT2D eigenvalue weighted by Gasteiger charge is -2.23. The quantitative estimate of drug-likeness (QED) is 0.567. The van der Waals surface area contributed by atoms with Crippen LogP contribution in [-0.2, 0) is 13.0 Å². The summed E-state index contributed by atoms with van der Waals surface area (Å²) in [6.07, 6.45) is 15.3. The van der Waals surface area contributed by atoms with E-state index in [1.54, 1.807) is 0 Å². The lowest BCUT2D eigenvalue weighted by atomic mass is 9.92. The summed E-state index contributed by atoms with van der Waals surface area (Å²) in [6, 6.07) is 0.00759. The SMILES string of the molecule is O=C1NC(=O)c2c1c1c(c3c2c2c4n3CCCC=4C=CC2)NC2C=C(CN3CCCNCC3)C=CC=12. The van der Waals surface area contributed by atoms with Crippen LogP contribution in [0.1, 0.15) is 45.5 Å². The van der Waals surface area contributed by atoms with Crippen molar-refractivity contribution in [3.05, 3.63) is 63.2 Å². The predicted octanol–water partition coefficient (Wildman–Crippen LogP) is 1.32. The van der Waals surface area contributed by atoms with Crippen LogP contribution in [-0.4, -0.2) is 60.0 Å². The second kappa shape index (κ2) is 7.54. The Balaban J connectivity index is 1.34. The molecule has 1 saturated heterocycles. The molecule has 4 aliphatic heterocycles. The van der Waals surface area contributed by atoms with Gasteiger partial charge >= 0.3 is 0 Å². The summed E-state index contributed by atoms with van der Waals surface area (Å²) in [5, 5.41) is 13.1. The van der Waals surface area contributed by atoms with Gasteiger partial charge in [-0.1, -0.05) is 30.4 Å². The minimum Gasteiger partial charge on any atom is -0.372 e. The van der Waals surface area contributed by atoms with Crippen molar-refractivity contribution >= 4 is 39.6 Å². The molecule has 182 valence electrons. The van der Waals surface area contributed by atoms with Gasteiger partial charge in [-0.05, 0) is 61.1 Å². The number of carbonyl (C=O) groups excluding carboxylic acids is 2. The third-order valence-corrected chi connectivity index (χ3v) is 8.68. The predicted molar refractivity (Wildman–Crippen MR) is 140 cm³/mol. The summed E-state index contributed by atoms with van der Waals surface area (Å²) < 4.78 is 2.42. The molecule has 2 aromatic rings. The topological polar surface area (TPSA) is 78.4 Å². The van der Waals surface area contributed by atoms with Gasteiger partial charge in [-0.15, -0.1) is 0 Å². The molecule has 2 aliphatic carbocycles. The molecule has 6 aliphatic rings. The van der Waals surface area contributed by atoms with E-state index in [2.05, 4.69) is 55.8 Å². The number of fused-ring (bicyclic) bond motifs is 9. The van der Waals surface area contributed by atoms with Crippen molar-refractivity contribution in [2.75, 3.05) is 38.0 Å².